The molecule has 0 aliphatic heterocycles. The van der Waals surface area contributed by atoms with Crippen molar-refractivity contribution >= 4 is 10.9 Å². The van der Waals surface area contributed by atoms with Gasteiger partial charge < -0.3 is 5.11 Å². The van der Waals surface area contributed by atoms with Crippen LogP contribution in [-0.2, 0) is 12.0 Å². The summed E-state index contributed by atoms with van der Waals surface area (Å²) in [5.74, 6) is 0.247. The molecule has 1 N–H and O–H groups in total. The largest absolute Gasteiger partial charge is 0.430 e. The molecule has 0 radical (unpaired) electrons. The van der Waals surface area contributed by atoms with Gasteiger partial charge in [0.2, 0.25) is 0 Å². The maximum atomic E-state index is 13.6. The number of hydrogen-bond donors (Lipinski definition) is 1. The van der Waals surface area contributed by atoms with E-state index in [0.29, 0.717) is 23.2 Å². The summed E-state index contributed by atoms with van der Waals surface area (Å²) < 4.78 is 81.0. The zero-order valence-electron chi connectivity index (χ0n) is 19.1. The molecular formula is C26H20F6N2O2. The Morgan fingerprint density at radius 3 is 1.97 bits per heavy atom. The van der Waals surface area contributed by atoms with Crippen molar-refractivity contribution in [3.63, 3.8) is 0 Å². The first kappa shape index (κ1) is 25.4. The molecule has 0 atom stereocenters. The van der Waals surface area contributed by atoms with Gasteiger partial charge in [-0.2, -0.15) is 26.3 Å². The van der Waals surface area contributed by atoms with Crippen LogP contribution in [0.1, 0.15) is 28.1 Å². The summed E-state index contributed by atoms with van der Waals surface area (Å²) in [6.45, 7) is 3.54. The highest BCUT2D eigenvalue weighted by Crippen LogP contribution is 2.50. The number of aryl methyl sites for hydroxylation is 2. The zero-order chi connectivity index (χ0) is 26.5. The minimum Gasteiger partial charge on any atom is -0.369 e. The van der Waals surface area contributed by atoms with Gasteiger partial charge in [-0.1, -0.05) is 48.5 Å². The number of rotatable bonds is 4. The standard InChI is InChI=1S/C26H20F6N2O2/c1-15-8-13-20-22(16(15)2)23(35)34(21(33-20)14-17-6-4-3-5-7-17)19-11-9-18(10-12-19)24(36,25(27,28)29)26(30,31)32/h3-13,36H,14H2,1-2H3. The Bertz CT molecular complexity index is 1460. The average Bonchev–Trinajstić information content (AvgIpc) is 2.80. The second-order valence-electron chi connectivity index (χ2n) is 8.49. The molecule has 1 aromatic heterocycles. The normalized spacial score (nSPS) is 12.8. The van der Waals surface area contributed by atoms with E-state index >= 15 is 0 Å². The topological polar surface area (TPSA) is 55.1 Å². The van der Waals surface area contributed by atoms with Gasteiger partial charge in [0, 0.05) is 12.0 Å². The molecule has 0 amide bonds. The molecule has 0 aliphatic rings. The Kier molecular flexibility index (Phi) is 6.20. The van der Waals surface area contributed by atoms with E-state index in [1.807, 2.05) is 6.07 Å². The van der Waals surface area contributed by atoms with Gasteiger partial charge in [0.1, 0.15) is 5.82 Å². The summed E-state index contributed by atoms with van der Waals surface area (Å²) in [5.41, 5.74) is -4.29. The van der Waals surface area contributed by atoms with Crippen LogP contribution in [0.15, 0.2) is 71.5 Å². The van der Waals surface area contributed by atoms with Crippen molar-refractivity contribution in [1.82, 2.24) is 9.55 Å². The summed E-state index contributed by atoms with van der Waals surface area (Å²) in [5, 5.41) is 9.99. The maximum Gasteiger partial charge on any atom is 0.430 e. The van der Waals surface area contributed by atoms with E-state index < -0.39 is 29.1 Å². The van der Waals surface area contributed by atoms with Crippen molar-refractivity contribution in [2.45, 2.75) is 38.2 Å². The first-order valence-corrected chi connectivity index (χ1v) is 10.8. The Balaban J connectivity index is 1.95. The molecule has 4 nitrogen and oxygen atoms in total. The Labute approximate surface area is 201 Å². The monoisotopic (exact) mass is 506 g/mol. The molecule has 0 unspecified atom stereocenters. The average molecular weight is 506 g/mol. The minimum absolute atomic E-state index is 0.0108. The molecule has 0 saturated heterocycles. The molecule has 0 saturated carbocycles. The molecule has 0 fully saturated rings. The van der Waals surface area contributed by atoms with Gasteiger partial charge in [-0.25, -0.2) is 4.98 Å². The van der Waals surface area contributed by atoms with E-state index in [0.717, 1.165) is 23.3 Å². The van der Waals surface area contributed by atoms with Gasteiger partial charge in [-0.3, -0.25) is 9.36 Å². The molecule has 0 bridgehead atoms. The van der Waals surface area contributed by atoms with Crippen molar-refractivity contribution in [2.75, 3.05) is 0 Å². The lowest BCUT2D eigenvalue weighted by molar-refractivity contribution is -0.376. The van der Waals surface area contributed by atoms with Crippen LogP contribution in [0.5, 0.6) is 0 Å². The number of halogens is 6. The van der Waals surface area contributed by atoms with E-state index in [2.05, 4.69) is 4.98 Å². The number of nitrogens with zero attached hydrogens (tertiary/aromatic N) is 2. The smallest absolute Gasteiger partial charge is 0.369 e. The van der Waals surface area contributed by atoms with Crippen LogP contribution in [0, 0.1) is 13.8 Å². The first-order chi connectivity index (χ1) is 16.8. The molecule has 0 aliphatic carbocycles. The predicted molar refractivity (Wildman–Crippen MR) is 122 cm³/mol. The summed E-state index contributed by atoms with van der Waals surface area (Å²) in [4.78, 5) is 18.2. The van der Waals surface area contributed by atoms with Crippen LogP contribution in [0.2, 0.25) is 0 Å². The quantitative estimate of drug-likeness (QED) is 0.351. The molecule has 0 spiro atoms. The van der Waals surface area contributed by atoms with Crippen LogP contribution < -0.4 is 5.56 Å². The SMILES string of the molecule is Cc1ccc2nc(Cc3ccccc3)n(-c3ccc(C(O)(C(F)(F)F)C(F)(F)F)cc3)c(=O)c2c1C. The first-order valence-electron chi connectivity index (χ1n) is 10.8. The van der Waals surface area contributed by atoms with Crippen molar-refractivity contribution in [2.24, 2.45) is 0 Å². The summed E-state index contributed by atoms with van der Waals surface area (Å²) in [6, 6.07) is 15.4. The second kappa shape index (κ2) is 8.77. The van der Waals surface area contributed by atoms with Gasteiger partial charge >= 0.3 is 12.4 Å². The van der Waals surface area contributed by atoms with Gasteiger partial charge in [-0.15, -0.1) is 0 Å². The third kappa shape index (κ3) is 4.15. The van der Waals surface area contributed by atoms with Gasteiger partial charge in [0.05, 0.1) is 16.6 Å². The van der Waals surface area contributed by atoms with E-state index in [1.54, 1.807) is 50.2 Å². The lowest BCUT2D eigenvalue weighted by Gasteiger charge is -2.32. The van der Waals surface area contributed by atoms with Crippen molar-refractivity contribution in [1.29, 1.82) is 0 Å². The highest BCUT2D eigenvalue weighted by atomic mass is 19.4. The molecule has 10 heteroatoms. The Morgan fingerprint density at radius 1 is 0.833 bits per heavy atom. The lowest BCUT2D eigenvalue weighted by atomic mass is 9.92. The van der Waals surface area contributed by atoms with Crippen LogP contribution in [-0.4, -0.2) is 27.0 Å². The van der Waals surface area contributed by atoms with Gasteiger partial charge in [0.25, 0.3) is 11.2 Å². The molecule has 4 rings (SSSR count). The molecule has 188 valence electrons. The fraction of sp³-hybridized carbons (Fsp3) is 0.231. The van der Waals surface area contributed by atoms with Gasteiger partial charge in [0.15, 0.2) is 0 Å². The number of hydrogen-bond acceptors (Lipinski definition) is 3. The number of aromatic nitrogens is 2. The second-order valence-corrected chi connectivity index (χ2v) is 8.49. The minimum atomic E-state index is -6.01. The molecule has 3 aromatic carbocycles. The number of benzene rings is 3. The van der Waals surface area contributed by atoms with Crippen molar-refractivity contribution in [3.8, 4) is 5.69 Å². The predicted octanol–water partition coefficient (Wildman–Crippen LogP) is 5.91. The number of aliphatic hydroxyl groups is 1. The number of alkyl halides is 6. The highest BCUT2D eigenvalue weighted by molar-refractivity contribution is 5.82. The highest BCUT2D eigenvalue weighted by Gasteiger charge is 2.71. The van der Waals surface area contributed by atoms with E-state index in [4.69, 9.17) is 0 Å². The van der Waals surface area contributed by atoms with Crippen LogP contribution >= 0.6 is 0 Å². The summed E-state index contributed by atoms with van der Waals surface area (Å²) in [7, 11) is 0. The van der Waals surface area contributed by atoms with Crippen LogP contribution in [0.3, 0.4) is 0 Å². The van der Waals surface area contributed by atoms with Crippen molar-refractivity contribution in [3.05, 3.63) is 105 Å². The number of fused-ring (bicyclic) bond motifs is 1. The Morgan fingerprint density at radius 2 is 1.42 bits per heavy atom. The van der Waals surface area contributed by atoms with E-state index in [-0.39, 0.29) is 23.3 Å². The molecule has 1 heterocycles. The third-order valence-corrected chi connectivity index (χ3v) is 6.21. The maximum absolute atomic E-state index is 13.6. The van der Waals surface area contributed by atoms with Crippen LogP contribution in [0.25, 0.3) is 16.6 Å². The van der Waals surface area contributed by atoms with E-state index in [9.17, 15) is 36.2 Å². The molecule has 36 heavy (non-hydrogen) atoms. The zero-order valence-corrected chi connectivity index (χ0v) is 19.1. The summed E-state index contributed by atoms with van der Waals surface area (Å²) in [6.07, 6.45) is -11.8. The molecule has 4 aromatic rings. The van der Waals surface area contributed by atoms with Gasteiger partial charge in [-0.05, 0) is 48.7 Å². The Hall–Kier alpha value is -3.66. The summed E-state index contributed by atoms with van der Waals surface area (Å²) >= 11 is 0. The van der Waals surface area contributed by atoms with E-state index in [1.165, 1.54) is 4.57 Å². The third-order valence-electron chi connectivity index (χ3n) is 6.21. The van der Waals surface area contributed by atoms with Crippen molar-refractivity contribution < 1.29 is 31.4 Å². The molecular weight excluding hydrogens is 486 g/mol. The fourth-order valence-corrected chi connectivity index (χ4v) is 4.09. The fourth-order valence-electron chi connectivity index (χ4n) is 4.09. The lowest BCUT2D eigenvalue weighted by Crippen LogP contribution is -2.53. The van der Waals surface area contributed by atoms with Crippen LogP contribution in [0.4, 0.5) is 26.3 Å².